The molecule has 0 bridgehead atoms. The lowest BCUT2D eigenvalue weighted by molar-refractivity contribution is -0.120. The van der Waals surface area contributed by atoms with Crippen LogP contribution in [-0.4, -0.2) is 59.3 Å². The maximum absolute atomic E-state index is 11.9. The molecule has 1 amide bonds. The van der Waals surface area contributed by atoms with Gasteiger partial charge in [-0.3, -0.25) is 14.7 Å². The molecule has 2 aromatic heterocycles. The molecule has 33 heavy (non-hydrogen) atoms. The molecule has 0 spiro atoms. The van der Waals surface area contributed by atoms with E-state index in [-0.39, 0.29) is 5.91 Å². The highest BCUT2D eigenvalue weighted by molar-refractivity contribution is 5.89. The number of hydrogen-bond acceptors (Lipinski definition) is 9. The summed E-state index contributed by atoms with van der Waals surface area (Å²) < 4.78 is 16.6. The molecular formula is C23H26N6O4. The van der Waals surface area contributed by atoms with Crippen LogP contribution in [0.2, 0.25) is 0 Å². The smallest absolute Gasteiger partial charge is 0.261 e. The Kier molecular flexibility index (Phi) is 5.69. The molecule has 0 radical (unpaired) electrons. The van der Waals surface area contributed by atoms with Crippen molar-refractivity contribution in [3.8, 4) is 17.2 Å². The van der Waals surface area contributed by atoms with Crippen molar-refractivity contribution in [2.45, 2.75) is 24.8 Å². The third-order valence-corrected chi connectivity index (χ3v) is 6.14. The van der Waals surface area contributed by atoms with Gasteiger partial charge in [-0.1, -0.05) is 11.2 Å². The van der Waals surface area contributed by atoms with Crippen LogP contribution < -0.4 is 15.8 Å². The summed E-state index contributed by atoms with van der Waals surface area (Å²) >= 11 is 0. The molecular weight excluding hydrogens is 424 g/mol. The van der Waals surface area contributed by atoms with Gasteiger partial charge in [0.15, 0.2) is 11.6 Å². The minimum Gasteiger partial charge on any atom is -0.494 e. The molecule has 1 aromatic carbocycles. The maximum Gasteiger partial charge on any atom is 0.261 e. The number of carbonyl (C=O) groups excluding carboxylic acids is 1. The minimum absolute atomic E-state index is 0.337. The second kappa shape index (κ2) is 8.80. The van der Waals surface area contributed by atoms with Crippen LogP contribution in [0.25, 0.3) is 11.5 Å². The molecule has 0 unspecified atom stereocenters. The van der Waals surface area contributed by atoms with Crippen molar-refractivity contribution in [2.75, 3.05) is 38.7 Å². The molecule has 1 aliphatic carbocycles. The molecule has 10 nitrogen and oxygen atoms in total. The Bertz CT molecular complexity index is 1150. The molecule has 0 atom stereocenters. The Labute approximate surface area is 191 Å². The van der Waals surface area contributed by atoms with Gasteiger partial charge in [-0.15, -0.1) is 0 Å². The monoisotopic (exact) mass is 450 g/mol. The summed E-state index contributed by atoms with van der Waals surface area (Å²) in [5.74, 6) is 1.25. The molecule has 1 saturated heterocycles. The number of pyridine rings is 1. The van der Waals surface area contributed by atoms with E-state index in [1.807, 2.05) is 30.3 Å². The predicted octanol–water partition coefficient (Wildman–Crippen LogP) is 2.23. The van der Waals surface area contributed by atoms with Crippen LogP contribution in [0.1, 0.15) is 24.4 Å². The highest BCUT2D eigenvalue weighted by Crippen LogP contribution is 2.47. The average Bonchev–Trinajstić information content (AvgIpc) is 3.53. The lowest BCUT2D eigenvalue weighted by Crippen LogP contribution is -2.35. The summed E-state index contributed by atoms with van der Waals surface area (Å²) in [5, 5.41) is 7.50. The number of rotatable bonds is 8. The zero-order chi connectivity index (χ0) is 22.8. The van der Waals surface area contributed by atoms with E-state index >= 15 is 0 Å². The Balaban J connectivity index is 1.38. The molecule has 3 heterocycles. The molecule has 3 N–H and O–H groups in total. The van der Waals surface area contributed by atoms with Gasteiger partial charge in [-0.25, -0.2) is 0 Å². The van der Waals surface area contributed by atoms with Crippen LogP contribution in [-0.2, 0) is 21.5 Å². The van der Waals surface area contributed by atoms with Gasteiger partial charge < -0.3 is 25.0 Å². The van der Waals surface area contributed by atoms with Crippen LogP contribution >= 0.6 is 0 Å². The van der Waals surface area contributed by atoms with Gasteiger partial charge >= 0.3 is 0 Å². The summed E-state index contributed by atoms with van der Waals surface area (Å²) in [6.45, 7) is 3.72. The second-order valence-electron chi connectivity index (χ2n) is 8.29. The summed E-state index contributed by atoms with van der Waals surface area (Å²) in [7, 11) is 1.60. The van der Waals surface area contributed by atoms with E-state index in [9.17, 15) is 4.79 Å². The fraction of sp³-hybridized carbons (Fsp3) is 0.391. The summed E-state index contributed by atoms with van der Waals surface area (Å²) in [6, 6.07) is 9.35. The SMILES string of the molecule is COc1c(Nc2ccnc(C3(C(N)=O)CC3)c2)cccc1-c1nc(CN2CCOCC2)no1. The van der Waals surface area contributed by atoms with E-state index in [2.05, 4.69) is 25.3 Å². The van der Waals surface area contributed by atoms with E-state index in [0.29, 0.717) is 48.5 Å². The largest absolute Gasteiger partial charge is 0.494 e. The third-order valence-electron chi connectivity index (χ3n) is 6.14. The summed E-state index contributed by atoms with van der Waals surface area (Å²) in [4.78, 5) is 23.1. The Morgan fingerprint density at radius 1 is 1.27 bits per heavy atom. The molecule has 10 heteroatoms. The molecule has 1 aliphatic heterocycles. The van der Waals surface area contributed by atoms with Crippen LogP contribution in [0, 0.1) is 0 Å². The first-order valence-electron chi connectivity index (χ1n) is 10.9. The molecule has 5 rings (SSSR count). The molecule has 3 aromatic rings. The van der Waals surface area contributed by atoms with Gasteiger partial charge in [0, 0.05) is 25.0 Å². The topological polar surface area (TPSA) is 129 Å². The zero-order valence-corrected chi connectivity index (χ0v) is 18.4. The highest BCUT2D eigenvalue weighted by Gasteiger charge is 2.51. The van der Waals surface area contributed by atoms with Crippen molar-refractivity contribution in [2.24, 2.45) is 5.73 Å². The number of hydrogen-bond donors (Lipinski definition) is 2. The third kappa shape index (κ3) is 4.27. The van der Waals surface area contributed by atoms with Gasteiger partial charge in [-0.05, 0) is 37.1 Å². The molecule has 2 aliphatic rings. The number of aromatic nitrogens is 3. The number of primary amides is 1. The Hall–Kier alpha value is -3.50. The van der Waals surface area contributed by atoms with Crippen molar-refractivity contribution >= 4 is 17.3 Å². The number of anilines is 2. The summed E-state index contributed by atoms with van der Waals surface area (Å²) in [6.07, 6.45) is 3.12. The fourth-order valence-corrected chi connectivity index (χ4v) is 4.09. The summed E-state index contributed by atoms with van der Waals surface area (Å²) in [5.41, 5.74) is 7.83. The number of amides is 1. The minimum atomic E-state index is -0.649. The van der Waals surface area contributed by atoms with E-state index in [0.717, 1.165) is 37.3 Å². The number of carbonyl (C=O) groups is 1. The van der Waals surface area contributed by atoms with E-state index < -0.39 is 5.41 Å². The van der Waals surface area contributed by atoms with Crippen molar-refractivity contribution in [1.29, 1.82) is 0 Å². The number of para-hydroxylation sites is 1. The van der Waals surface area contributed by atoms with Crippen molar-refractivity contribution in [1.82, 2.24) is 20.0 Å². The normalized spacial score (nSPS) is 17.5. The predicted molar refractivity (Wildman–Crippen MR) is 120 cm³/mol. The highest BCUT2D eigenvalue weighted by atomic mass is 16.5. The van der Waals surface area contributed by atoms with Gasteiger partial charge in [0.2, 0.25) is 5.91 Å². The number of nitrogens with two attached hydrogens (primary N) is 1. The van der Waals surface area contributed by atoms with Crippen molar-refractivity contribution in [3.63, 3.8) is 0 Å². The number of benzene rings is 1. The van der Waals surface area contributed by atoms with Gasteiger partial charge in [0.1, 0.15) is 0 Å². The van der Waals surface area contributed by atoms with Crippen LogP contribution in [0.5, 0.6) is 5.75 Å². The van der Waals surface area contributed by atoms with Crippen LogP contribution in [0.3, 0.4) is 0 Å². The Morgan fingerprint density at radius 3 is 2.82 bits per heavy atom. The van der Waals surface area contributed by atoms with Crippen LogP contribution in [0.4, 0.5) is 11.4 Å². The first-order chi connectivity index (χ1) is 16.1. The number of nitrogens with one attached hydrogen (secondary N) is 1. The average molecular weight is 450 g/mol. The molecule has 1 saturated carbocycles. The van der Waals surface area contributed by atoms with Crippen molar-refractivity contribution < 1.29 is 18.8 Å². The van der Waals surface area contributed by atoms with Gasteiger partial charge in [0.05, 0.1) is 49.2 Å². The second-order valence-corrected chi connectivity index (χ2v) is 8.29. The Morgan fingerprint density at radius 2 is 2.09 bits per heavy atom. The number of morpholine rings is 1. The molecule has 2 fully saturated rings. The lowest BCUT2D eigenvalue weighted by atomic mass is 10.0. The van der Waals surface area contributed by atoms with E-state index in [4.69, 9.17) is 19.7 Å². The first-order valence-corrected chi connectivity index (χ1v) is 10.9. The lowest BCUT2D eigenvalue weighted by Gasteiger charge is -2.24. The van der Waals surface area contributed by atoms with Gasteiger partial charge in [0.25, 0.3) is 5.89 Å². The van der Waals surface area contributed by atoms with Gasteiger partial charge in [-0.2, -0.15) is 4.98 Å². The number of ether oxygens (including phenoxy) is 2. The molecule has 172 valence electrons. The number of nitrogens with zero attached hydrogens (tertiary/aromatic N) is 4. The number of methoxy groups -OCH3 is 1. The maximum atomic E-state index is 11.9. The van der Waals surface area contributed by atoms with Crippen molar-refractivity contribution in [3.05, 3.63) is 48.0 Å². The van der Waals surface area contributed by atoms with E-state index in [1.165, 1.54) is 0 Å². The zero-order valence-electron chi connectivity index (χ0n) is 18.4. The fourth-order valence-electron chi connectivity index (χ4n) is 4.09. The first kappa shape index (κ1) is 21.4. The van der Waals surface area contributed by atoms with E-state index in [1.54, 1.807) is 13.3 Å². The standard InChI is InChI=1S/C23H26N6O4/c1-31-20-16(21-27-19(28-33-21)14-29-9-11-32-12-10-29)3-2-4-17(20)26-15-5-8-25-18(13-15)23(6-7-23)22(24)30/h2-5,8,13H,6-7,9-12,14H2,1H3,(H2,24,30)(H,25,26). The quantitative estimate of drug-likeness (QED) is 0.531. The van der Waals surface area contributed by atoms with Crippen LogP contribution in [0.15, 0.2) is 41.1 Å².